The molecule has 0 saturated heterocycles. The molecule has 1 aromatic heterocycles. The Balaban J connectivity index is 1.71. The van der Waals surface area contributed by atoms with E-state index in [0.29, 0.717) is 0 Å². The van der Waals surface area contributed by atoms with Crippen LogP contribution in [0.5, 0.6) is 0 Å². The Hall–Kier alpha value is -2.88. The highest BCUT2D eigenvalue weighted by Crippen LogP contribution is 2.15. The molecule has 1 N–H and O–H groups in total. The fourth-order valence-electron chi connectivity index (χ4n) is 2.53. The van der Waals surface area contributed by atoms with Gasteiger partial charge >= 0.3 is 0 Å². The molecule has 1 heterocycles. The average molecular weight is 318 g/mol. The standard InChI is InChI=1S/C20H22N4/c1-16-13-19(21-14-17-9-5-3-6-10-17)23-20(22-16)24(2)15-18-11-7-4-8-12-18/h3-13H,14-15H2,1-2H3,(H,21,22,23). The summed E-state index contributed by atoms with van der Waals surface area (Å²) in [5.41, 5.74) is 3.42. The largest absolute Gasteiger partial charge is 0.366 e. The molecule has 0 fully saturated rings. The molecule has 0 aliphatic carbocycles. The van der Waals surface area contributed by atoms with Gasteiger partial charge < -0.3 is 10.2 Å². The summed E-state index contributed by atoms with van der Waals surface area (Å²) in [4.78, 5) is 11.3. The highest BCUT2D eigenvalue weighted by molar-refractivity contribution is 5.44. The summed E-state index contributed by atoms with van der Waals surface area (Å²) in [6.07, 6.45) is 0. The van der Waals surface area contributed by atoms with Crippen molar-refractivity contribution in [3.63, 3.8) is 0 Å². The average Bonchev–Trinajstić information content (AvgIpc) is 2.61. The van der Waals surface area contributed by atoms with Crippen molar-refractivity contribution in [2.45, 2.75) is 20.0 Å². The Kier molecular flexibility index (Phi) is 5.06. The first-order valence-electron chi connectivity index (χ1n) is 8.09. The van der Waals surface area contributed by atoms with E-state index in [1.165, 1.54) is 11.1 Å². The highest BCUT2D eigenvalue weighted by Gasteiger charge is 2.08. The molecule has 0 aliphatic rings. The Morgan fingerprint density at radius 1 is 0.875 bits per heavy atom. The van der Waals surface area contributed by atoms with E-state index in [2.05, 4.69) is 44.5 Å². The molecular weight excluding hydrogens is 296 g/mol. The van der Waals surface area contributed by atoms with Crippen molar-refractivity contribution in [3.05, 3.63) is 83.6 Å². The molecule has 0 atom stereocenters. The molecule has 0 unspecified atom stereocenters. The van der Waals surface area contributed by atoms with Crippen LogP contribution < -0.4 is 10.2 Å². The Bertz CT molecular complexity index is 772. The molecule has 24 heavy (non-hydrogen) atoms. The van der Waals surface area contributed by atoms with Gasteiger partial charge in [0.1, 0.15) is 5.82 Å². The van der Waals surface area contributed by atoms with Crippen LogP contribution in [0.15, 0.2) is 66.7 Å². The summed E-state index contributed by atoms with van der Waals surface area (Å²) in [6.45, 7) is 3.52. The second-order valence-corrected chi connectivity index (χ2v) is 5.88. The van der Waals surface area contributed by atoms with Crippen LogP contribution in [0.1, 0.15) is 16.8 Å². The van der Waals surface area contributed by atoms with E-state index in [9.17, 15) is 0 Å². The second-order valence-electron chi connectivity index (χ2n) is 5.88. The van der Waals surface area contributed by atoms with Gasteiger partial charge in [0, 0.05) is 31.9 Å². The first kappa shape index (κ1) is 16.0. The number of hydrogen-bond acceptors (Lipinski definition) is 4. The summed E-state index contributed by atoms with van der Waals surface area (Å²) < 4.78 is 0. The smallest absolute Gasteiger partial charge is 0.227 e. The van der Waals surface area contributed by atoms with Gasteiger partial charge in [-0.3, -0.25) is 0 Å². The monoisotopic (exact) mass is 318 g/mol. The van der Waals surface area contributed by atoms with E-state index in [1.54, 1.807) is 0 Å². The second kappa shape index (κ2) is 7.59. The van der Waals surface area contributed by atoms with Gasteiger partial charge in [0.2, 0.25) is 5.95 Å². The van der Waals surface area contributed by atoms with Crippen molar-refractivity contribution in [2.24, 2.45) is 0 Å². The third kappa shape index (κ3) is 4.32. The molecule has 4 heteroatoms. The van der Waals surface area contributed by atoms with Crippen LogP contribution in [0.2, 0.25) is 0 Å². The quantitative estimate of drug-likeness (QED) is 0.745. The normalized spacial score (nSPS) is 10.4. The minimum atomic E-state index is 0.731. The number of nitrogens with zero attached hydrogens (tertiary/aromatic N) is 3. The number of anilines is 2. The molecule has 0 aliphatic heterocycles. The fraction of sp³-hybridized carbons (Fsp3) is 0.200. The van der Waals surface area contributed by atoms with Gasteiger partial charge in [-0.15, -0.1) is 0 Å². The molecule has 0 bridgehead atoms. The predicted octanol–water partition coefficient (Wildman–Crippen LogP) is 4.03. The van der Waals surface area contributed by atoms with Crippen LogP contribution >= 0.6 is 0 Å². The number of benzene rings is 2. The van der Waals surface area contributed by atoms with Crippen molar-refractivity contribution >= 4 is 11.8 Å². The van der Waals surface area contributed by atoms with Crippen LogP contribution in [0.3, 0.4) is 0 Å². The van der Waals surface area contributed by atoms with Crippen LogP contribution in [-0.2, 0) is 13.1 Å². The molecule has 2 aromatic carbocycles. The van der Waals surface area contributed by atoms with E-state index in [4.69, 9.17) is 0 Å². The Morgan fingerprint density at radius 2 is 1.50 bits per heavy atom. The minimum Gasteiger partial charge on any atom is -0.366 e. The summed E-state index contributed by atoms with van der Waals surface area (Å²) >= 11 is 0. The number of aryl methyl sites for hydroxylation is 1. The van der Waals surface area contributed by atoms with Crippen LogP contribution in [0.25, 0.3) is 0 Å². The Morgan fingerprint density at radius 3 is 2.17 bits per heavy atom. The molecule has 0 radical (unpaired) electrons. The lowest BCUT2D eigenvalue weighted by Crippen LogP contribution is -2.20. The van der Waals surface area contributed by atoms with Crippen molar-refractivity contribution in [1.82, 2.24) is 9.97 Å². The van der Waals surface area contributed by atoms with Crippen molar-refractivity contribution in [3.8, 4) is 0 Å². The molecule has 0 saturated carbocycles. The summed E-state index contributed by atoms with van der Waals surface area (Å²) in [6, 6.07) is 22.6. The third-order valence-electron chi connectivity index (χ3n) is 3.76. The van der Waals surface area contributed by atoms with Gasteiger partial charge in [-0.05, 0) is 18.1 Å². The van der Waals surface area contributed by atoms with Gasteiger partial charge in [0.25, 0.3) is 0 Å². The van der Waals surface area contributed by atoms with Crippen molar-refractivity contribution in [1.29, 1.82) is 0 Å². The van der Waals surface area contributed by atoms with Gasteiger partial charge in [-0.2, -0.15) is 4.98 Å². The zero-order valence-electron chi connectivity index (χ0n) is 14.1. The molecule has 3 rings (SSSR count). The minimum absolute atomic E-state index is 0.731. The maximum absolute atomic E-state index is 4.65. The maximum atomic E-state index is 4.65. The van der Waals surface area contributed by atoms with E-state index in [-0.39, 0.29) is 0 Å². The lowest BCUT2D eigenvalue weighted by Gasteiger charge is -2.18. The van der Waals surface area contributed by atoms with E-state index in [0.717, 1.165) is 30.5 Å². The van der Waals surface area contributed by atoms with E-state index < -0.39 is 0 Å². The van der Waals surface area contributed by atoms with Gasteiger partial charge in [-0.25, -0.2) is 4.98 Å². The topological polar surface area (TPSA) is 41.1 Å². The number of nitrogens with one attached hydrogen (secondary N) is 1. The first-order chi connectivity index (χ1) is 11.7. The summed E-state index contributed by atoms with van der Waals surface area (Å²) in [5, 5.41) is 3.38. The SMILES string of the molecule is Cc1cc(NCc2ccccc2)nc(N(C)Cc2ccccc2)n1. The number of hydrogen-bond donors (Lipinski definition) is 1. The number of rotatable bonds is 6. The highest BCUT2D eigenvalue weighted by atomic mass is 15.2. The zero-order chi connectivity index (χ0) is 16.8. The lowest BCUT2D eigenvalue weighted by molar-refractivity contribution is 0.858. The van der Waals surface area contributed by atoms with Gasteiger partial charge in [0.05, 0.1) is 0 Å². The first-order valence-corrected chi connectivity index (χ1v) is 8.09. The molecule has 0 amide bonds. The molecule has 3 aromatic rings. The van der Waals surface area contributed by atoms with Crippen molar-refractivity contribution in [2.75, 3.05) is 17.3 Å². The number of aromatic nitrogens is 2. The van der Waals surface area contributed by atoms with Crippen LogP contribution in [0.4, 0.5) is 11.8 Å². The third-order valence-corrected chi connectivity index (χ3v) is 3.76. The molecule has 4 nitrogen and oxygen atoms in total. The summed E-state index contributed by atoms with van der Waals surface area (Å²) in [7, 11) is 2.02. The van der Waals surface area contributed by atoms with Crippen LogP contribution in [-0.4, -0.2) is 17.0 Å². The van der Waals surface area contributed by atoms with E-state index >= 15 is 0 Å². The molecular formula is C20H22N4. The van der Waals surface area contributed by atoms with Crippen molar-refractivity contribution < 1.29 is 0 Å². The predicted molar refractivity (Wildman–Crippen MR) is 99.1 cm³/mol. The zero-order valence-corrected chi connectivity index (χ0v) is 14.1. The lowest BCUT2D eigenvalue weighted by atomic mass is 10.2. The maximum Gasteiger partial charge on any atom is 0.227 e. The summed E-state index contributed by atoms with van der Waals surface area (Å²) in [5.74, 6) is 1.58. The molecule has 0 spiro atoms. The van der Waals surface area contributed by atoms with E-state index in [1.807, 2.05) is 56.4 Å². The van der Waals surface area contributed by atoms with Crippen LogP contribution in [0, 0.1) is 6.92 Å². The Labute approximate surface area is 143 Å². The fourth-order valence-corrected chi connectivity index (χ4v) is 2.53. The van der Waals surface area contributed by atoms with Gasteiger partial charge in [0.15, 0.2) is 0 Å². The molecule has 122 valence electrons. The van der Waals surface area contributed by atoms with Gasteiger partial charge in [-0.1, -0.05) is 60.7 Å².